The van der Waals surface area contributed by atoms with E-state index in [0.29, 0.717) is 32.2 Å². The zero-order valence-electron chi connectivity index (χ0n) is 13.1. The number of nitrogens with zero attached hydrogens (tertiary/aromatic N) is 1. The Hall–Kier alpha value is -0.650. The van der Waals surface area contributed by atoms with Crippen LogP contribution >= 0.6 is 0 Å². The van der Waals surface area contributed by atoms with Crippen LogP contribution in [0.1, 0.15) is 32.6 Å². The van der Waals surface area contributed by atoms with Crippen LogP contribution in [0.4, 0.5) is 0 Å². The Morgan fingerprint density at radius 3 is 2.35 bits per heavy atom. The molecule has 0 aromatic heterocycles. The molecule has 1 rings (SSSR count). The topological polar surface area (TPSA) is 64.8 Å². The first-order valence-electron chi connectivity index (χ1n) is 7.62. The molecular formula is C15H30N2O3. The lowest BCUT2D eigenvalue weighted by Crippen LogP contribution is -2.43. The molecule has 0 aromatic rings. The molecule has 2 N–H and O–H groups in total. The minimum absolute atomic E-state index is 0.0371. The van der Waals surface area contributed by atoms with E-state index < -0.39 is 0 Å². The second-order valence-electron chi connectivity index (χ2n) is 5.79. The Morgan fingerprint density at radius 2 is 1.85 bits per heavy atom. The van der Waals surface area contributed by atoms with Crippen LogP contribution in [-0.2, 0) is 14.3 Å². The van der Waals surface area contributed by atoms with Crippen LogP contribution in [0.3, 0.4) is 0 Å². The summed E-state index contributed by atoms with van der Waals surface area (Å²) in [4.78, 5) is 14.5. The van der Waals surface area contributed by atoms with Gasteiger partial charge in [0.15, 0.2) is 0 Å². The molecule has 0 aliphatic heterocycles. The zero-order chi connectivity index (χ0) is 15.0. The summed E-state index contributed by atoms with van der Waals surface area (Å²) in [7, 11) is 3.31. The van der Waals surface area contributed by atoms with E-state index in [1.54, 1.807) is 14.2 Å². The average molecular weight is 286 g/mol. The Bertz CT molecular complexity index is 274. The number of carbonyl (C=O) groups excluding carboxylic acids is 1. The Morgan fingerprint density at radius 1 is 1.25 bits per heavy atom. The van der Waals surface area contributed by atoms with Gasteiger partial charge in [-0.25, -0.2) is 0 Å². The molecule has 3 unspecified atom stereocenters. The van der Waals surface area contributed by atoms with Gasteiger partial charge in [0, 0.05) is 39.3 Å². The van der Waals surface area contributed by atoms with E-state index in [-0.39, 0.29) is 17.9 Å². The lowest BCUT2D eigenvalue weighted by atomic mass is 9.78. The van der Waals surface area contributed by atoms with Crippen molar-refractivity contribution in [1.82, 2.24) is 4.90 Å². The molecule has 1 saturated carbocycles. The highest BCUT2D eigenvalue weighted by atomic mass is 16.5. The van der Waals surface area contributed by atoms with E-state index >= 15 is 0 Å². The van der Waals surface area contributed by atoms with Gasteiger partial charge in [-0.2, -0.15) is 0 Å². The summed E-state index contributed by atoms with van der Waals surface area (Å²) in [6.45, 7) is 4.42. The fourth-order valence-electron chi connectivity index (χ4n) is 2.95. The molecule has 0 heterocycles. The Balaban J connectivity index is 2.56. The van der Waals surface area contributed by atoms with Crippen LogP contribution in [0.5, 0.6) is 0 Å². The van der Waals surface area contributed by atoms with E-state index in [1.807, 2.05) is 11.8 Å². The SMILES string of the molecule is COCCN(CCOC)C(=O)C(C)C1CCCC(N)C1. The minimum Gasteiger partial charge on any atom is -0.383 e. The van der Waals surface area contributed by atoms with Gasteiger partial charge in [0.1, 0.15) is 0 Å². The first-order valence-corrected chi connectivity index (χ1v) is 7.62. The molecule has 5 nitrogen and oxygen atoms in total. The highest BCUT2D eigenvalue weighted by molar-refractivity contribution is 5.78. The highest BCUT2D eigenvalue weighted by Gasteiger charge is 2.30. The van der Waals surface area contributed by atoms with Gasteiger partial charge in [0.25, 0.3) is 0 Å². The molecule has 0 radical (unpaired) electrons. The van der Waals surface area contributed by atoms with Crippen molar-refractivity contribution in [2.75, 3.05) is 40.5 Å². The largest absolute Gasteiger partial charge is 0.383 e. The Kier molecular flexibility index (Phi) is 8.11. The van der Waals surface area contributed by atoms with E-state index in [4.69, 9.17) is 15.2 Å². The van der Waals surface area contributed by atoms with Gasteiger partial charge in [-0.15, -0.1) is 0 Å². The number of ether oxygens (including phenoxy) is 2. The van der Waals surface area contributed by atoms with Gasteiger partial charge in [-0.05, 0) is 25.2 Å². The number of carbonyl (C=O) groups is 1. The molecule has 118 valence electrons. The van der Waals surface area contributed by atoms with Crippen molar-refractivity contribution in [3.8, 4) is 0 Å². The summed E-state index contributed by atoms with van der Waals surface area (Å²) in [6.07, 6.45) is 4.31. The monoisotopic (exact) mass is 286 g/mol. The maximum absolute atomic E-state index is 12.6. The summed E-state index contributed by atoms with van der Waals surface area (Å²) in [5.41, 5.74) is 6.03. The molecular weight excluding hydrogens is 256 g/mol. The predicted octanol–water partition coefficient (Wildman–Crippen LogP) is 1.26. The van der Waals surface area contributed by atoms with Gasteiger partial charge >= 0.3 is 0 Å². The van der Waals surface area contributed by atoms with Crippen LogP contribution in [-0.4, -0.2) is 57.4 Å². The van der Waals surface area contributed by atoms with E-state index in [9.17, 15) is 4.79 Å². The van der Waals surface area contributed by atoms with Gasteiger partial charge in [-0.1, -0.05) is 13.3 Å². The lowest BCUT2D eigenvalue weighted by molar-refractivity contribution is -0.138. The lowest BCUT2D eigenvalue weighted by Gasteiger charge is -2.33. The molecule has 1 fully saturated rings. The second-order valence-corrected chi connectivity index (χ2v) is 5.79. The molecule has 1 amide bonds. The molecule has 0 saturated heterocycles. The van der Waals surface area contributed by atoms with Crippen molar-refractivity contribution in [1.29, 1.82) is 0 Å². The van der Waals surface area contributed by atoms with Crippen molar-refractivity contribution in [2.24, 2.45) is 17.6 Å². The number of hydrogen-bond acceptors (Lipinski definition) is 4. The highest BCUT2D eigenvalue weighted by Crippen LogP contribution is 2.30. The molecule has 1 aliphatic rings. The Labute approximate surface area is 122 Å². The first-order chi connectivity index (χ1) is 9.60. The number of amides is 1. The molecule has 0 aromatic carbocycles. The summed E-state index contributed by atoms with van der Waals surface area (Å²) < 4.78 is 10.2. The number of nitrogens with two attached hydrogens (primary N) is 1. The smallest absolute Gasteiger partial charge is 0.225 e. The van der Waals surface area contributed by atoms with Crippen LogP contribution in [0.2, 0.25) is 0 Å². The summed E-state index contributed by atoms with van der Waals surface area (Å²) in [5, 5.41) is 0. The van der Waals surface area contributed by atoms with Crippen molar-refractivity contribution in [2.45, 2.75) is 38.6 Å². The minimum atomic E-state index is 0.0371. The van der Waals surface area contributed by atoms with E-state index in [1.165, 1.54) is 0 Å². The van der Waals surface area contributed by atoms with Gasteiger partial charge < -0.3 is 20.1 Å². The van der Waals surface area contributed by atoms with Gasteiger partial charge in [0.2, 0.25) is 5.91 Å². The number of rotatable bonds is 8. The quantitative estimate of drug-likeness (QED) is 0.729. The van der Waals surface area contributed by atoms with Crippen molar-refractivity contribution in [3.63, 3.8) is 0 Å². The number of methoxy groups -OCH3 is 2. The predicted molar refractivity (Wildman–Crippen MR) is 79.4 cm³/mol. The van der Waals surface area contributed by atoms with Crippen LogP contribution in [0.15, 0.2) is 0 Å². The fraction of sp³-hybridized carbons (Fsp3) is 0.933. The summed E-state index contributed by atoms with van der Waals surface area (Å²) in [5.74, 6) is 0.659. The van der Waals surface area contributed by atoms with Crippen molar-refractivity contribution >= 4 is 5.91 Å². The normalized spacial score (nSPS) is 24.4. The third-order valence-electron chi connectivity index (χ3n) is 4.29. The first kappa shape index (κ1) is 17.4. The van der Waals surface area contributed by atoms with E-state index in [2.05, 4.69) is 0 Å². The van der Waals surface area contributed by atoms with Crippen LogP contribution < -0.4 is 5.73 Å². The molecule has 0 bridgehead atoms. The third kappa shape index (κ3) is 5.38. The molecule has 5 heteroatoms. The van der Waals surface area contributed by atoms with Gasteiger partial charge in [0.05, 0.1) is 13.2 Å². The van der Waals surface area contributed by atoms with Crippen LogP contribution in [0, 0.1) is 11.8 Å². The summed E-state index contributed by atoms with van der Waals surface area (Å²) >= 11 is 0. The maximum atomic E-state index is 12.6. The molecule has 0 spiro atoms. The molecule has 1 aliphatic carbocycles. The average Bonchev–Trinajstić information content (AvgIpc) is 2.46. The molecule has 20 heavy (non-hydrogen) atoms. The van der Waals surface area contributed by atoms with Crippen LogP contribution in [0.25, 0.3) is 0 Å². The second kappa shape index (κ2) is 9.32. The van der Waals surface area contributed by atoms with Gasteiger partial charge in [-0.3, -0.25) is 4.79 Å². The van der Waals surface area contributed by atoms with Crippen molar-refractivity contribution < 1.29 is 14.3 Å². The zero-order valence-corrected chi connectivity index (χ0v) is 13.1. The summed E-state index contributed by atoms with van der Waals surface area (Å²) in [6, 6.07) is 0.260. The number of hydrogen-bond donors (Lipinski definition) is 1. The third-order valence-corrected chi connectivity index (χ3v) is 4.29. The molecule has 3 atom stereocenters. The van der Waals surface area contributed by atoms with Crippen molar-refractivity contribution in [3.05, 3.63) is 0 Å². The maximum Gasteiger partial charge on any atom is 0.225 e. The van der Waals surface area contributed by atoms with E-state index in [0.717, 1.165) is 25.7 Å². The standard InChI is InChI=1S/C15H30N2O3/c1-12(13-5-4-6-14(16)11-13)15(18)17(7-9-19-2)8-10-20-3/h12-14H,4-11,16H2,1-3H3. The fourth-order valence-corrected chi connectivity index (χ4v) is 2.95.